The van der Waals surface area contributed by atoms with Gasteiger partial charge in [0.2, 0.25) is 0 Å². The minimum Gasteiger partial charge on any atom is -0.497 e. The molecule has 0 spiro atoms. The van der Waals surface area contributed by atoms with E-state index in [-0.39, 0.29) is 0 Å². The molecule has 0 aliphatic rings. The van der Waals surface area contributed by atoms with Crippen molar-refractivity contribution in [1.29, 1.82) is 0 Å². The van der Waals surface area contributed by atoms with E-state index >= 15 is 0 Å². The molecule has 2 aromatic rings. The standard InChI is InChI=1S/C17H16N2O/c1-14(18-19-16-6-4-3-5-7-16)8-9-15-10-12-17(20-2)13-11-15/h3-7,10-13,19H,1-2H3/b18-14+. The molecule has 0 amide bonds. The van der Waals surface area contributed by atoms with Crippen LogP contribution < -0.4 is 10.2 Å². The van der Waals surface area contributed by atoms with Crippen molar-refractivity contribution >= 4 is 11.4 Å². The van der Waals surface area contributed by atoms with E-state index in [0.717, 1.165) is 22.7 Å². The molecule has 0 radical (unpaired) electrons. The van der Waals surface area contributed by atoms with Crippen molar-refractivity contribution < 1.29 is 4.74 Å². The summed E-state index contributed by atoms with van der Waals surface area (Å²) in [5, 5.41) is 4.21. The number of nitrogens with one attached hydrogen (secondary N) is 1. The maximum absolute atomic E-state index is 5.10. The number of methoxy groups -OCH3 is 1. The summed E-state index contributed by atoms with van der Waals surface area (Å²) in [4.78, 5) is 0. The van der Waals surface area contributed by atoms with Crippen LogP contribution in [0.15, 0.2) is 59.7 Å². The zero-order valence-corrected chi connectivity index (χ0v) is 11.6. The van der Waals surface area contributed by atoms with Crippen LogP contribution in [0.4, 0.5) is 5.69 Å². The fraction of sp³-hybridized carbons (Fsp3) is 0.118. The lowest BCUT2D eigenvalue weighted by atomic mass is 10.2. The van der Waals surface area contributed by atoms with E-state index < -0.39 is 0 Å². The van der Waals surface area contributed by atoms with Gasteiger partial charge in [-0.1, -0.05) is 24.1 Å². The Morgan fingerprint density at radius 1 is 1.05 bits per heavy atom. The molecule has 1 N–H and O–H groups in total. The third-order valence-electron chi connectivity index (χ3n) is 2.60. The van der Waals surface area contributed by atoms with Gasteiger partial charge < -0.3 is 4.74 Å². The molecule has 0 fully saturated rings. The predicted octanol–water partition coefficient (Wildman–Crippen LogP) is 3.53. The lowest BCUT2D eigenvalue weighted by Crippen LogP contribution is -1.94. The van der Waals surface area contributed by atoms with E-state index in [0.29, 0.717) is 0 Å². The van der Waals surface area contributed by atoms with Gasteiger partial charge in [0.15, 0.2) is 0 Å². The molecule has 0 saturated carbocycles. The first-order valence-corrected chi connectivity index (χ1v) is 6.29. The largest absolute Gasteiger partial charge is 0.497 e. The Hall–Kier alpha value is -2.73. The SMILES string of the molecule is COc1ccc(C#C/C(C)=N/Nc2ccccc2)cc1. The molecule has 0 bridgehead atoms. The second-order valence-electron chi connectivity index (χ2n) is 4.15. The average Bonchev–Trinajstić information content (AvgIpc) is 2.52. The van der Waals surface area contributed by atoms with Crippen molar-refractivity contribution in [2.24, 2.45) is 5.10 Å². The van der Waals surface area contributed by atoms with Crippen LogP contribution in [-0.2, 0) is 0 Å². The Labute approximate surface area is 119 Å². The maximum Gasteiger partial charge on any atom is 0.118 e. The number of nitrogens with zero attached hydrogens (tertiary/aromatic N) is 1. The quantitative estimate of drug-likeness (QED) is 0.522. The van der Waals surface area contributed by atoms with E-state index in [4.69, 9.17) is 4.74 Å². The van der Waals surface area contributed by atoms with E-state index in [1.165, 1.54) is 0 Å². The summed E-state index contributed by atoms with van der Waals surface area (Å²) < 4.78 is 5.10. The van der Waals surface area contributed by atoms with Crippen LogP contribution in [0.25, 0.3) is 0 Å². The first-order chi connectivity index (χ1) is 9.78. The molecule has 20 heavy (non-hydrogen) atoms. The van der Waals surface area contributed by atoms with Crippen LogP contribution in [0.5, 0.6) is 5.75 Å². The highest BCUT2D eigenvalue weighted by Gasteiger charge is 1.90. The Morgan fingerprint density at radius 2 is 1.75 bits per heavy atom. The van der Waals surface area contributed by atoms with Crippen molar-refractivity contribution in [3.63, 3.8) is 0 Å². The second kappa shape index (κ2) is 7.01. The highest BCUT2D eigenvalue weighted by Crippen LogP contribution is 2.10. The smallest absolute Gasteiger partial charge is 0.118 e. The van der Waals surface area contributed by atoms with Crippen molar-refractivity contribution in [2.75, 3.05) is 12.5 Å². The summed E-state index contributed by atoms with van der Waals surface area (Å²) in [5.41, 5.74) is 5.56. The van der Waals surface area contributed by atoms with Gasteiger partial charge >= 0.3 is 0 Å². The third kappa shape index (κ3) is 4.18. The van der Waals surface area contributed by atoms with Gasteiger partial charge in [0.25, 0.3) is 0 Å². The fourth-order valence-corrected chi connectivity index (χ4v) is 1.53. The van der Waals surface area contributed by atoms with Gasteiger partial charge in [0, 0.05) is 5.56 Å². The topological polar surface area (TPSA) is 33.6 Å². The number of hydrogen-bond acceptors (Lipinski definition) is 3. The van der Waals surface area contributed by atoms with Gasteiger partial charge in [-0.25, -0.2) is 0 Å². The van der Waals surface area contributed by atoms with Crippen LogP contribution >= 0.6 is 0 Å². The molecule has 2 aromatic carbocycles. The summed E-state index contributed by atoms with van der Waals surface area (Å²) in [7, 11) is 1.65. The number of rotatable bonds is 3. The molecule has 0 atom stereocenters. The Balaban J connectivity index is 2.00. The van der Waals surface area contributed by atoms with Crippen molar-refractivity contribution in [1.82, 2.24) is 0 Å². The molecular formula is C17H16N2O. The minimum absolute atomic E-state index is 0.727. The Bertz CT molecular complexity index is 634. The molecule has 3 heteroatoms. The molecule has 100 valence electrons. The number of para-hydroxylation sites is 1. The molecule has 3 nitrogen and oxygen atoms in total. The molecule has 0 aliphatic carbocycles. The van der Waals surface area contributed by atoms with Gasteiger partial charge in [-0.05, 0) is 49.2 Å². The molecule has 0 heterocycles. The highest BCUT2D eigenvalue weighted by molar-refractivity contribution is 5.99. The molecular weight excluding hydrogens is 248 g/mol. The summed E-state index contributed by atoms with van der Waals surface area (Å²) in [6.45, 7) is 1.87. The lowest BCUT2D eigenvalue weighted by Gasteiger charge is -1.99. The molecule has 0 aromatic heterocycles. The third-order valence-corrected chi connectivity index (χ3v) is 2.60. The fourth-order valence-electron chi connectivity index (χ4n) is 1.53. The summed E-state index contributed by atoms with van der Waals surface area (Å²) in [6.07, 6.45) is 0. The van der Waals surface area contributed by atoms with E-state index in [2.05, 4.69) is 22.4 Å². The summed E-state index contributed by atoms with van der Waals surface area (Å²) >= 11 is 0. The first-order valence-electron chi connectivity index (χ1n) is 6.29. The van der Waals surface area contributed by atoms with E-state index in [1.54, 1.807) is 7.11 Å². The zero-order valence-electron chi connectivity index (χ0n) is 11.6. The highest BCUT2D eigenvalue weighted by atomic mass is 16.5. The predicted molar refractivity (Wildman–Crippen MR) is 83.0 cm³/mol. The first kappa shape index (κ1) is 13.7. The van der Waals surface area contributed by atoms with Crippen LogP contribution in [0.1, 0.15) is 12.5 Å². The van der Waals surface area contributed by atoms with Crippen LogP contribution in [0.3, 0.4) is 0 Å². The van der Waals surface area contributed by atoms with Crippen LogP contribution in [-0.4, -0.2) is 12.8 Å². The van der Waals surface area contributed by atoms with Gasteiger partial charge in [-0.3, -0.25) is 5.43 Å². The normalized spacial score (nSPS) is 10.4. The zero-order chi connectivity index (χ0) is 14.2. The number of hydrogen-bond donors (Lipinski definition) is 1. The maximum atomic E-state index is 5.10. The lowest BCUT2D eigenvalue weighted by molar-refractivity contribution is 0.415. The number of benzene rings is 2. The van der Waals surface area contributed by atoms with Gasteiger partial charge in [0.05, 0.1) is 12.8 Å². The van der Waals surface area contributed by atoms with Gasteiger partial charge in [-0.15, -0.1) is 0 Å². The second-order valence-corrected chi connectivity index (χ2v) is 4.15. The van der Waals surface area contributed by atoms with Crippen molar-refractivity contribution in [3.8, 4) is 17.6 Å². The van der Waals surface area contributed by atoms with Crippen molar-refractivity contribution in [3.05, 3.63) is 60.2 Å². The van der Waals surface area contributed by atoms with Crippen LogP contribution in [0, 0.1) is 11.8 Å². The Kier molecular flexibility index (Phi) is 4.80. The molecule has 2 rings (SSSR count). The van der Waals surface area contributed by atoms with E-state index in [1.807, 2.05) is 61.5 Å². The minimum atomic E-state index is 0.727. The van der Waals surface area contributed by atoms with Gasteiger partial charge in [0.1, 0.15) is 11.5 Å². The Morgan fingerprint density at radius 3 is 2.40 bits per heavy atom. The molecule has 0 saturated heterocycles. The molecule has 0 unspecified atom stereocenters. The van der Waals surface area contributed by atoms with Crippen molar-refractivity contribution in [2.45, 2.75) is 6.92 Å². The van der Waals surface area contributed by atoms with E-state index in [9.17, 15) is 0 Å². The van der Waals surface area contributed by atoms with Gasteiger partial charge in [-0.2, -0.15) is 5.10 Å². The van der Waals surface area contributed by atoms with Crippen LogP contribution in [0.2, 0.25) is 0 Å². The summed E-state index contributed by atoms with van der Waals surface area (Å²) in [5.74, 6) is 6.88. The number of ether oxygens (including phenoxy) is 1. The number of anilines is 1. The average molecular weight is 264 g/mol. The number of hydrazone groups is 1. The monoisotopic (exact) mass is 264 g/mol. The molecule has 0 aliphatic heterocycles. The summed E-state index contributed by atoms with van der Waals surface area (Å²) in [6, 6.07) is 17.4.